The quantitative estimate of drug-likeness (QED) is 0.106. The third-order valence-corrected chi connectivity index (χ3v) is 12.3. The highest BCUT2D eigenvalue weighted by Crippen LogP contribution is 2.25. The number of amides is 2. The standard InChI is InChI=1S/C37H46N6O8Si/c1-10-12-19-40(33(11-2)52(49-7,50-8)51-9)34(45)39-29-18-16-27(6)32(22-29)43-36(47)41(30-20-24(3)13-14-25(30)4)35(46)42(37(43)48)31-21-28(38-23-44)17-15-26(31)5/h13-18,20-22,33H,10-12,19H2,1-9H3,(H,39,45). The van der Waals surface area contributed by atoms with Crippen molar-refractivity contribution in [2.45, 2.75) is 66.5 Å². The monoisotopic (exact) mass is 730 g/mol. The van der Waals surface area contributed by atoms with E-state index in [0.29, 0.717) is 47.5 Å². The van der Waals surface area contributed by atoms with Crippen LogP contribution in [0.4, 0.5) is 16.2 Å². The van der Waals surface area contributed by atoms with E-state index < -0.39 is 37.6 Å². The van der Waals surface area contributed by atoms with E-state index in [-0.39, 0.29) is 17.1 Å². The summed E-state index contributed by atoms with van der Waals surface area (Å²) in [7, 11) is 1.18. The van der Waals surface area contributed by atoms with Crippen molar-refractivity contribution in [1.29, 1.82) is 0 Å². The highest BCUT2D eigenvalue weighted by atomic mass is 28.4. The maximum Gasteiger partial charge on any atom is 0.524 e. The molecule has 0 aliphatic carbocycles. The van der Waals surface area contributed by atoms with Crippen molar-refractivity contribution in [3.8, 4) is 17.1 Å². The molecule has 0 aliphatic rings. The van der Waals surface area contributed by atoms with Crippen LogP contribution in [0.15, 0.2) is 74.0 Å². The van der Waals surface area contributed by atoms with Crippen molar-refractivity contribution in [1.82, 2.24) is 18.6 Å². The number of aryl methyl sites for hydroxylation is 4. The number of anilines is 1. The van der Waals surface area contributed by atoms with Crippen LogP contribution in [0.25, 0.3) is 17.1 Å². The van der Waals surface area contributed by atoms with Crippen LogP contribution >= 0.6 is 0 Å². The van der Waals surface area contributed by atoms with Gasteiger partial charge in [0.1, 0.15) is 5.67 Å². The molecule has 14 nitrogen and oxygen atoms in total. The fourth-order valence-electron chi connectivity index (χ4n) is 6.26. The van der Waals surface area contributed by atoms with Gasteiger partial charge in [-0.25, -0.2) is 37.7 Å². The summed E-state index contributed by atoms with van der Waals surface area (Å²) in [5.74, 6) is 0. The molecule has 0 radical (unpaired) electrons. The minimum Gasteiger partial charge on any atom is -0.376 e. The van der Waals surface area contributed by atoms with E-state index in [1.54, 1.807) is 62.1 Å². The Morgan fingerprint density at radius 2 is 1.29 bits per heavy atom. The second-order valence-electron chi connectivity index (χ2n) is 12.4. The van der Waals surface area contributed by atoms with Gasteiger partial charge in [0.25, 0.3) is 0 Å². The van der Waals surface area contributed by atoms with Crippen LogP contribution in [0.3, 0.4) is 0 Å². The molecule has 0 saturated carbocycles. The maximum atomic E-state index is 14.5. The molecule has 4 aromatic rings. The molecule has 3 aromatic carbocycles. The SMILES string of the molecule is CCCCN(C(=O)Nc1ccc(C)c(-n2c(=O)n(-c3cc(C)ccc3C)c(=O)n(-c3cc(N=C=O)ccc3C)c2=O)c1)C(CC)[Si](OC)(OC)OC. The van der Waals surface area contributed by atoms with Gasteiger partial charge < -0.3 is 23.5 Å². The van der Waals surface area contributed by atoms with Gasteiger partial charge in [0.05, 0.1) is 22.7 Å². The Kier molecular flexibility index (Phi) is 12.9. The zero-order valence-electron chi connectivity index (χ0n) is 31.1. The summed E-state index contributed by atoms with van der Waals surface area (Å²) in [6.07, 6.45) is 3.50. The van der Waals surface area contributed by atoms with Gasteiger partial charge in [0.2, 0.25) is 6.08 Å². The zero-order valence-corrected chi connectivity index (χ0v) is 32.1. The third kappa shape index (κ3) is 7.68. The molecule has 0 bridgehead atoms. The van der Waals surface area contributed by atoms with Crippen molar-refractivity contribution in [3.05, 3.63) is 108 Å². The van der Waals surface area contributed by atoms with Gasteiger partial charge in [-0.2, -0.15) is 4.99 Å². The lowest BCUT2D eigenvalue weighted by atomic mass is 10.1. The van der Waals surface area contributed by atoms with Gasteiger partial charge in [-0.1, -0.05) is 44.5 Å². The molecule has 0 saturated heterocycles. The van der Waals surface area contributed by atoms with E-state index >= 15 is 0 Å². The molecule has 1 N–H and O–H groups in total. The number of nitrogens with one attached hydrogen (secondary N) is 1. The fraction of sp³-hybridized carbons (Fsp3) is 0.378. The predicted octanol–water partition coefficient (Wildman–Crippen LogP) is 5.17. The van der Waals surface area contributed by atoms with E-state index in [0.717, 1.165) is 25.7 Å². The minimum atomic E-state index is -3.32. The lowest BCUT2D eigenvalue weighted by Gasteiger charge is -2.39. The van der Waals surface area contributed by atoms with Crippen molar-refractivity contribution in [2.24, 2.45) is 4.99 Å². The average molecular weight is 731 g/mol. The molecule has 1 heterocycles. The summed E-state index contributed by atoms with van der Waals surface area (Å²) >= 11 is 0. The number of aliphatic imine (C=N–C) groups is 1. The Morgan fingerprint density at radius 3 is 1.79 bits per heavy atom. The van der Waals surface area contributed by atoms with Gasteiger partial charge in [0.15, 0.2) is 0 Å². The number of rotatable bonds is 14. The highest BCUT2D eigenvalue weighted by Gasteiger charge is 2.50. The Hall–Kier alpha value is -5.18. The summed E-state index contributed by atoms with van der Waals surface area (Å²) in [6, 6.07) is 14.3. The number of carbonyl (C=O) groups excluding carboxylic acids is 2. The third-order valence-electron chi connectivity index (χ3n) is 9.10. The normalized spacial score (nSPS) is 11.9. The number of aromatic nitrogens is 3. The molecule has 0 fully saturated rings. The van der Waals surface area contributed by atoms with Crippen molar-refractivity contribution in [2.75, 3.05) is 33.2 Å². The second-order valence-corrected chi connectivity index (χ2v) is 15.5. The van der Waals surface area contributed by atoms with Crippen molar-refractivity contribution in [3.63, 3.8) is 0 Å². The minimum absolute atomic E-state index is 0.126. The first-order valence-corrected chi connectivity index (χ1v) is 18.7. The van der Waals surface area contributed by atoms with E-state index in [9.17, 15) is 24.0 Å². The molecule has 2 amide bonds. The molecule has 0 aliphatic heterocycles. The maximum absolute atomic E-state index is 14.5. The number of hydrogen-bond donors (Lipinski definition) is 1. The Labute approximate surface area is 303 Å². The van der Waals surface area contributed by atoms with Gasteiger partial charge in [-0.15, -0.1) is 0 Å². The first kappa shape index (κ1) is 39.6. The van der Waals surface area contributed by atoms with E-state index in [1.807, 2.05) is 26.8 Å². The van der Waals surface area contributed by atoms with Gasteiger partial charge in [0, 0.05) is 33.6 Å². The first-order valence-electron chi connectivity index (χ1n) is 16.9. The molecule has 15 heteroatoms. The van der Waals surface area contributed by atoms with Crippen LogP contribution in [-0.2, 0) is 18.1 Å². The Bertz CT molecular complexity index is 2170. The van der Waals surface area contributed by atoms with E-state index in [2.05, 4.69) is 10.3 Å². The summed E-state index contributed by atoms with van der Waals surface area (Å²) in [5, 5.41) is 2.94. The topological polar surface area (TPSA) is 155 Å². The molecular weight excluding hydrogens is 685 g/mol. The number of urea groups is 1. The van der Waals surface area contributed by atoms with Crippen molar-refractivity contribution < 1.29 is 22.9 Å². The first-order chi connectivity index (χ1) is 24.8. The smallest absolute Gasteiger partial charge is 0.376 e. The number of nitrogens with zero attached hydrogens (tertiary/aromatic N) is 5. The fourth-order valence-corrected chi connectivity index (χ4v) is 8.70. The molecule has 1 atom stereocenters. The molecule has 4 rings (SSSR count). The van der Waals surface area contributed by atoms with Gasteiger partial charge >= 0.3 is 31.9 Å². The number of carbonyl (C=O) groups is 1. The van der Waals surface area contributed by atoms with Gasteiger partial charge in [-0.05, 0) is 93.1 Å². The summed E-state index contributed by atoms with van der Waals surface area (Å²) in [5.41, 5.74) is 0.182. The Balaban J connectivity index is 1.99. The van der Waals surface area contributed by atoms with E-state index in [1.165, 1.54) is 39.5 Å². The van der Waals surface area contributed by atoms with Crippen LogP contribution in [0.5, 0.6) is 0 Å². The predicted molar refractivity (Wildman–Crippen MR) is 201 cm³/mol. The van der Waals surface area contributed by atoms with Crippen LogP contribution < -0.4 is 22.4 Å². The summed E-state index contributed by atoms with van der Waals surface area (Å²) in [4.78, 5) is 73.7. The highest BCUT2D eigenvalue weighted by molar-refractivity contribution is 6.62. The lowest BCUT2D eigenvalue weighted by molar-refractivity contribution is 0.0820. The number of isocyanates is 1. The molecule has 1 unspecified atom stereocenters. The lowest BCUT2D eigenvalue weighted by Crippen LogP contribution is -2.63. The van der Waals surface area contributed by atoms with Crippen LogP contribution in [0.1, 0.15) is 55.4 Å². The summed E-state index contributed by atoms with van der Waals surface area (Å²) < 4.78 is 20.0. The van der Waals surface area contributed by atoms with E-state index in [4.69, 9.17) is 13.3 Å². The number of unbranched alkanes of at least 4 members (excludes halogenated alkanes) is 1. The largest absolute Gasteiger partial charge is 0.524 e. The molecule has 0 spiro atoms. The summed E-state index contributed by atoms with van der Waals surface area (Å²) in [6.45, 7) is 11.3. The van der Waals surface area contributed by atoms with Crippen LogP contribution in [-0.4, -0.2) is 73.1 Å². The number of hydrogen-bond acceptors (Lipinski definition) is 9. The average Bonchev–Trinajstić information content (AvgIpc) is 3.12. The molecular formula is C37H46N6O8Si. The van der Waals surface area contributed by atoms with Crippen LogP contribution in [0.2, 0.25) is 0 Å². The second kappa shape index (κ2) is 16.9. The number of benzene rings is 3. The molecule has 52 heavy (non-hydrogen) atoms. The Morgan fingerprint density at radius 1 is 0.788 bits per heavy atom. The zero-order chi connectivity index (χ0) is 38.3. The van der Waals surface area contributed by atoms with Crippen molar-refractivity contribution >= 4 is 32.3 Å². The van der Waals surface area contributed by atoms with Crippen LogP contribution in [0, 0.1) is 27.7 Å². The molecule has 276 valence electrons. The molecule has 1 aromatic heterocycles. The van der Waals surface area contributed by atoms with Gasteiger partial charge in [-0.3, -0.25) is 0 Å².